The number of nitrogens with zero attached hydrogens (tertiary/aromatic N) is 2. The topological polar surface area (TPSA) is 108 Å². The number of hydrogen-bond donors (Lipinski definition) is 2. The van der Waals surface area contributed by atoms with Gasteiger partial charge >= 0.3 is 6.03 Å². The summed E-state index contributed by atoms with van der Waals surface area (Å²) in [6.07, 6.45) is 2.75. The zero-order chi connectivity index (χ0) is 25.9. The Kier molecular flexibility index (Phi) is 7.23. The lowest BCUT2D eigenvalue weighted by Gasteiger charge is -2.29. The first-order valence-corrected chi connectivity index (χ1v) is 12.8. The smallest absolute Gasteiger partial charge is 0.319 e. The summed E-state index contributed by atoms with van der Waals surface area (Å²) >= 11 is 0. The minimum Gasteiger partial charge on any atom is -0.490 e. The van der Waals surface area contributed by atoms with Crippen LogP contribution in [0.25, 0.3) is 0 Å². The van der Waals surface area contributed by atoms with Crippen LogP contribution in [0, 0.1) is 0 Å². The van der Waals surface area contributed by atoms with Crippen molar-refractivity contribution >= 4 is 29.2 Å². The second kappa shape index (κ2) is 10.7. The monoisotopic (exact) mass is 504 g/mol. The van der Waals surface area contributed by atoms with Crippen molar-refractivity contribution in [3.8, 4) is 5.75 Å². The molecule has 2 N–H and O–H groups in total. The van der Waals surface area contributed by atoms with Crippen LogP contribution in [-0.2, 0) is 22.7 Å². The van der Waals surface area contributed by atoms with Gasteiger partial charge in [-0.2, -0.15) is 0 Å². The van der Waals surface area contributed by atoms with Crippen molar-refractivity contribution < 1.29 is 23.9 Å². The summed E-state index contributed by atoms with van der Waals surface area (Å²) in [5, 5.41) is 5.67. The van der Waals surface area contributed by atoms with Crippen molar-refractivity contribution in [2.75, 3.05) is 25.5 Å². The van der Waals surface area contributed by atoms with Gasteiger partial charge in [0, 0.05) is 49.9 Å². The SMILES string of the molecule is CN1CCC(Oc2cccc(NC(=O)NCc3ccc4c(c3)C(=O)N(C3CCC(=O)CC3=O)C4)c2)CC1. The van der Waals surface area contributed by atoms with Crippen LogP contribution in [0.1, 0.15) is 53.6 Å². The molecule has 9 nitrogen and oxygen atoms in total. The molecule has 1 atom stereocenters. The third kappa shape index (κ3) is 5.83. The van der Waals surface area contributed by atoms with Crippen LogP contribution >= 0.6 is 0 Å². The Morgan fingerprint density at radius 3 is 2.65 bits per heavy atom. The summed E-state index contributed by atoms with van der Waals surface area (Å²) in [6, 6.07) is 12.0. The highest BCUT2D eigenvalue weighted by Crippen LogP contribution is 2.29. The molecule has 1 unspecified atom stereocenters. The molecular formula is C28H32N4O5. The van der Waals surface area contributed by atoms with Gasteiger partial charge in [-0.15, -0.1) is 0 Å². The molecule has 2 aromatic carbocycles. The molecule has 2 fully saturated rings. The fourth-order valence-electron chi connectivity index (χ4n) is 5.22. The van der Waals surface area contributed by atoms with Crippen LogP contribution in [0.5, 0.6) is 5.75 Å². The maximum atomic E-state index is 13.0. The number of nitrogens with one attached hydrogen (secondary N) is 2. The van der Waals surface area contributed by atoms with Gasteiger partial charge in [-0.3, -0.25) is 14.4 Å². The maximum Gasteiger partial charge on any atom is 0.319 e. The summed E-state index contributed by atoms with van der Waals surface area (Å²) in [6.45, 7) is 2.63. The Labute approximate surface area is 216 Å². The molecule has 37 heavy (non-hydrogen) atoms. The molecular weight excluding hydrogens is 472 g/mol. The molecule has 0 spiro atoms. The van der Waals surface area contributed by atoms with E-state index in [1.807, 2.05) is 36.4 Å². The molecule has 0 aromatic heterocycles. The fraction of sp³-hybridized carbons (Fsp3) is 0.429. The van der Waals surface area contributed by atoms with Gasteiger partial charge in [-0.1, -0.05) is 18.2 Å². The van der Waals surface area contributed by atoms with Crippen molar-refractivity contribution in [1.29, 1.82) is 0 Å². The quantitative estimate of drug-likeness (QED) is 0.586. The normalized spacial score (nSPS) is 20.6. The number of anilines is 1. The van der Waals surface area contributed by atoms with E-state index >= 15 is 0 Å². The number of carbonyl (C=O) groups excluding carboxylic acids is 4. The molecule has 2 aliphatic heterocycles. The van der Waals surface area contributed by atoms with Gasteiger partial charge in [0.2, 0.25) is 0 Å². The summed E-state index contributed by atoms with van der Waals surface area (Å²) in [5.41, 5.74) is 2.82. The highest BCUT2D eigenvalue weighted by atomic mass is 16.5. The number of Topliss-reactive ketones (excluding diaryl/α,β-unsaturated/α-hetero) is 2. The Bertz CT molecular complexity index is 1220. The van der Waals surface area contributed by atoms with Crippen LogP contribution in [0.4, 0.5) is 10.5 Å². The van der Waals surface area contributed by atoms with E-state index in [0.717, 1.165) is 42.8 Å². The average molecular weight is 505 g/mol. The zero-order valence-corrected chi connectivity index (χ0v) is 21.0. The molecule has 3 amide bonds. The van der Waals surface area contributed by atoms with Crippen LogP contribution < -0.4 is 15.4 Å². The second-order valence-electron chi connectivity index (χ2n) is 10.1. The lowest BCUT2D eigenvalue weighted by atomic mass is 9.92. The molecule has 1 saturated carbocycles. The van der Waals surface area contributed by atoms with Gasteiger partial charge < -0.3 is 25.2 Å². The number of fused-ring (bicyclic) bond motifs is 1. The molecule has 0 radical (unpaired) electrons. The Morgan fingerprint density at radius 1 is 1.05 bits per heavy atom. The highest BCUT2D eigenvalue weighted by Gasteiger charge is 2.38. The fourth-order valence-corrected chi connectivity index (χ4v) is 5.22. The van der Waals surface area contributed by atoms with E-state index in [9.17, 15) is 19.2 Å². The van der Waals surface area contributed by atoms with Gasteiger partial charge in [-0.05, 0) is 55.6 Å². The molecule has 2 aromatic rings. The maximum absolute atomic E-state index is 13.0. The number of ketones is 2. The van der Waals surface area contributed by atoms with E-state index in [0.29, 0.717) is 30.6 Å². The summed E-state index contributed by atoms with van der Waals surface area (Å²) in [7, 11) is 2.11. The second-order valence-corrected chi connectivity index (χ2v) is 10.1. The first-order chi connectivity index (χ1) is 17.9. The van der Waals surface area contributed by atoms with Crippen molar-refractivity contribution in [3.63, 3.8) is 0 Å². The third-order valence-corrected chi connectivity index (χ3v) is 7.34. The molecule has 0 bridgehead atoms. The summed E-state index contributed by atoms with van der Waals surface area (Å²) in [4.78, 5) is 53.3. The molecule has 5 rings (SSSR count). The van der Waals surface area contributed by atoms with Gasteiger partial charge in [0.05, 0.1) is 12.5 Å². The van der Waals surface area contributed by atoms with Crippen molar-refractivity contribution in [3.05, 3.63) is 59.2 Å². The number of likely N-dealkylation sites (tertiary alicyclic amines) is 1. The molecule has 1 saturated heterocycles. The van der Waals surface area contributed by atoms with Gasteiger partial charge in [0.25, 0.3) is 5.91 Å². The number of piperidine rings is 1. The van der Waals surface area contributed by atoms with Gasteiger partial charge in [0.1, 0.15) is 17.6 Å². The highest BCUT2D eigenvalue weighted by molar-refractivity contribution is 6.07. The molecule has 194 valence electrons. The zero-order valence-electron chi connectivity index (χ0n) is 21.0. The Morgan fingerprint density at radius 2 is 1.86 bits per heavy atom. The number of rotatable bonds is 6. The summed E-state index contributed by atoms with van der Waals surface area (Å²) in [5.74, 6) is 0.288. The van der Waals surface area contributed by atoms with E-state index < -0.39 is 6.04 Å². The van der Waals surface area contributed by atoms with E-state index in [1.54, 1.807) is 11.0 Å². The summed E-state index contributed by atoms with van der Waals surface area (Å²) < 4.78 is 6.10. The molecule has 3 aliphatic rings. The number of urea groups is 1. The molecule has 2 heterocycles. The van der Waals surface area contributed by atoms with E-state index in [-0.39, 0.29) is 42.6 Å². The molecule has 9 heteroatoms. The van der Waals surface area contributed by atoms with E-state index in [1.165, 1.54) is 0 Å². The van der Waals surface area contributed by atoms with Gasteiger partial charge in [-0.25, -0.2) is 4.79 Å². The predicted molar refractivity (Wildman–Crippen MR) is 137 cm³/mol. The predicted octanol–water partition coefficient (Wildman–Crippen LogP) is 3.13. The molecule has 1 aliphatic carbocycles. The van der Waals surface area contributed by atoms with Crippen LogP contribution in [0.2, 0.25) is 0 Å². The minimum atomic E-state index is -0.538. The van der Waals surface area contributed by atoms with Crippen LogP contribution in [-0.4, -0.2) is 65.6 Å². The number of hydrogen-bond acceptors (Lipinski definition) is 6. The lowest BCUT2D eigenvalue weighted by molar-refractivity contribution is -0.133. The third-order valence-electron chi connectivity index (χ3n) is 7.34. The van der Waals surface area contributed by atoms with Gasteiger partial charge in [0.15, 0.2) is 5.78 Å². The van der Waals surface area contributed by atoms with E-state index in [2.05, 4.69) is 22.6 Å². The number of carbonyl (C=O) groups is 4. The van der Waals surface area contributed by atoms with Crippen LogP contribution in [0.3, 0.4) is 0 Å². The number of amides is 3. The lowest BCUT2D eigenvalue weighted by Crippen LogP contribution is -2.44. The van der Waals surface area contributed by atoms with Crippen molar-refractivity contribution in [2.24, 2.45) is 0 Å². The standard InChI is InChI=1S/C28H32N4O5/c1-31-11-9-22(10-12-31)37-23-4-2-3-20(14-23)30-28(36)29-16-18-5-6-19-17-32(27(35)24(19)13-18)25-8-7-21(33)15-26(25)34/h2-6,13-14,22,25H,7-12,15-17H2,1H3,(H2,29,30,36). The minimum absolute atomic E-state index is 0.0615. The largest absolute Gasteiger partial charge is 0.490 e. The Hall–Kier alpha value is -3.72. The van der Waals surface area contributed by atoms with Crippen LogP contribution in [0.15, 0.2) is 42.5 Å². The van der Waals surface area contributed by atoms with Crippen molar-refractivity contribution in [2.45, 2.75) is 57.3 Å². The van der Waals surface area contributed by atoms with E-state index in [4.69, 9.17) is 4.74 Å². The first kappa shape index (κ1) is 25.0. The number of benzene rings is 2. The Balaban J connectivity index is 1.14. The first-order valence-electron chi connectivity index (χ1n) is 12.8. The number of ether oxygens (including phenoxy) is 1. The van der Waals surface area contributed by atoms with Crippen molar-refractivity contribution in [1.82, 2.24) is 15.1 Å². The average Bonchev–Trinajstić information content (AvgIpc) is 3.20.